The molecule has 374 valence electrons. The Labute approximate surface area is 441 Å². The van der Waals surface area contributed by atoms with Crippen molar-refractivity contribution in [1.82, 2.24) is 9.97 Å². The van der Waals surface area contributed by atoms with E-state index in [1.54, 1.807) is 48.5 Å². The number of nitriles is 1. The molecule has 0 saturated heterocycles. The fraction of sp³-hybridized carbons (Fsp3) is 0.234. The summed E-state index contributed by atoms with van der Waals surface area (Å²) >= 11 is 3.64. The minimum Gasteiger partial charge on any atom is -0.457 e. The van der Waals surface area contributed by atoms with Crippen molar-refractivity contribution < 1.29 is 27.8 Å². The van der Waals surface area contributed by atoms with Crippen LogP contribution in [0.4, 0.5) is 8.78 Å². The molecule has 10 rings (SSSR count). The highest BCUT2D eigenvalue weighted by Gasteiger charge is 2.29. The molecule has 0 amide bonds. The smallest absolute Gasteiger partial charge is 0.338 e. The molecule has 74 heavy (non-hydrogen) atoms. The first kappa shape index (κ1) is 52.7. The number of nitrogens with zero attached hydrogens (tertiary/aromatic N) is 3. The Balaban J connectivity index is 0.000000194. The molecule has 2 aromatic heterocycles. The van der Waals surface area contributed by atoms with E-state index in [2.05, 4.69) is 67.9 Å². The van der Waals surface area contributed by atoms with Gasteiger partial charge in [0, 0.05) is 26.7 Å². The molecule has 0 atom stereocenters. The van der Waals surface area contributed by atoms with E-state index in [4.69, 9.17) is 19.4 Å². The summed E-state index contributed by atoms with van der Waals surface area (Å²) in [7, 11) is 0. The monoisotopic (exact) mass is 1050 g/mol. The number of esters is 2. The molecule has 6 aromatic carbocycles. The van der Waals surface area contributed by atoms with Gasteiger partial charge < -0.3 is 9.47 Å². The van der Waals surface area contributed by atoms with Gasteiger partial charge in [0.1, 0.15) is 24.8 Å². The van der Waals surface area contributed by atoms with Crippen molar-refractivity contribution >= 4 is 27.9 Å². The Bertz CT molecular complexity index is 3370. The Morgan fingerprint density at radius 3 is 1.42 bits per heavy atom. The van der Waals surface area contributed by atoms with Crippen LogP contribution in [0.3, 0.4) is 0 Å². The number of rotatable bonds is 10. The predicted molar refractivity (Wildman–Crippen MR) is 293 cm³/mol. The number of carbonyl (C=O) groups is 2. The Hall–Kier alpha value is -7.61. The summed E-state index contributed by atoms with van der Waals surface area (Å²) in [5, 5.41) is 9.56. The third-order valence-corrected chi connectivity index (χ3v) is 14.0. The number of fused-ring (bicyclic) bond motifs is 6. The number of aryl methyl sites for hydroxylation is 2. The lowest BCUT2D eigenvalue weighted by atomic mass is 9.87. The van der Waals surface area contributed by atoms with Gasteiger partial charge in [-0.2, -0.15) is 5.26 Å². The summed E-state index contributed by atoms with van der Waals surface area (Å²) in [6.07, 6.45) is 5.31. The van der Waals surface area contributed by atoms with E-state index in [9.17, 15) is 23.6 Å². The van der Waals surface area contributed by atoms with E-state index in [-0.39, 0.29) is 50.1 Å². The molecule has 0 unspecified atom stereocenters. The average molecular weight is 1050 g/mol. The van der Waals surface area contributed by atoms with Crippen LogP contribution in [0.1, 0.15) is 131 Å². The largest absolute Gasteiger partial charge is 0.457 e. The Kier molecular flexibility index (Phi) is 16.7. The summed E-state index contributed by atoms with van der Waals surface area (Å²) in [6, 6.07) is 45.4. The summed E-state index contributed by atoms with van der Waals surface area (Å²) < 4.78 is 40.5. The quantitative estimate of drug-likeness (QED) is 0.126. The van der Waals surface area contributed by atoms with E-state index in [0.717, 1.165) is 127 Å². The minimum atomic E-state index is -0.403. The molecule has 0 aliphatic heterocycles. The molecule has 0 bridgehead atoms. The van der Waals surface area contributed by atoms with E-state index in [1.807, 2.05) is 54.6 Å². The van der Waals surface area contributed by atoms with Crippen LogP contribution in [0.25, 0.3) is 44.8 Å². The average Bonchev–Trinajstić information content (AvgIpc) is 3.71. The van der Waals surface area contributed by atoms with E-state index < -0.39 is 5.97 Å². The zero-order valence-corrected chi connectivity index (χ0v) is 42.9. The summed E-state index contributed by atoms with van der Waals surface area (Å²) in [5.74, 6) is -1.23. The normalized spacial score (nSPS) is 12.3. The van der Waals surface area contributed by atoms with Crippen molar-refractivity contribution in [3.05, 3.63) is 223 Å². The van der Waals surface area contributed by atoms with Gasteiger partial charge >= 0.3 is 11.9 Å². The highest BCUT2D eigenvalue weighted by atomic mass is 79.9. The van der Waals surface area contributed by atoms with Crippen LogP contribution >= 0.6 is 15.9 Å². The van der Waals surface area contributed by atoms with E-state index in [1.165, 1.54) is 29.8 Å². The standard InChI is InChI=1S/C32H27FN2O2.C31H27BrFNO2.CH4/c1-20(2)30-28(19-37-32(36)24-7-4-3-5-8-24)29(23-13-15-25(33)16-14-23)26-10-6-9-22-12-11-21(18-34)17-27(22)31(26)35-30;1-19(2)29-27(18-36-31(35)22-7-4-3-5-8-22)28(21-12-15-24(33)16-13-21)25-10-6-9-20-11-14-23(32)17-26(20)30(25)34-29;/h3-5,7-8,11-17,20H,6,9-10,19H2,1-2H3;3-5,7-8,11-17,19H,6,9-10,18H2,1-2H3;1H4. The number of hydrogen-bond acceptors (Lipinski definition) is 7. The van der Waals surface area contributed by atoms with E-state index in [0.29, 0.717) is 16.7 Å². The van der Waals surface area contributed by atoms with Gasteiger partial charge in [-0.05, 0) is 168 Å². The maximum atomic E-state index is 13.9. The molecule has 2 heterocycles. The van der Waals surface area contributed by atoms with Crippen molar-refractivity contribution in [2.75, 3.05) is 0 Å². The predicted octanol–water partition coefficient (Wildman–Crippen LogP) is 16.3. The molecule has 2 aliphatic carbocycles. The Morgan fingerprint density at radius 2 is 1.00 bits per heavy atom. The van der Waals surface area contributed by atoms with Gasteiger partial charge in [0.15, 0.2) is 0 Å². The number of aromatic nitrogens is 2. The second-order valence-electron chi connectivity index (χ2n) is 19.1. The highest BCUT2D eigenvalue weighted by Crippen LogP contribution is 2.44. The first-order valence-electron chi connectivity index (χ1n) is 24.8. The van der Waals surface area contributed by atoms with Gasteiger partial charge in [0.2, 0.25) is 0 Å². The van der Waals surface area contributed by atoms with Crippen molar-refractivity contribution in [3.63, 3.8) is 0 Å². The molecule has 0 radical (unpaired) electrons. The zero-order valence-electron chi connectivity index (χ0n) is 41.3. The molecular formula is C64H58BrF2N3O4. The maximum Gasteiger partial charge on any atom is 0.338 e. The zero-order chi connectivity index (χ0) is 51.2. The number of hydrogen-bond donors (Lipinski definition) is 0. The van der Waals surface area contributed by atoms with Crippen molar-refractivity contribution in [1.29, 1.82) is 5.26 Å². The van der Waals surface area contributed by atoms with Crippen molar-refractivity contribution in [3.8, 4) is 50.8 Å². The van der Waals surface area contributed by atoms with E-state index >= 15 is 0 Å². The molecular weight excluding hydrogens is 993 g/mol. The van der Waals surface area contributed by atoms with Crippen LogP contribution in [0.5, 0.6) is 0 Å². The van der Waals surface area contributed by atoms with Gasteiger partial charge in [-0.25, -0.2) is 18.4 Å². The molecule has 0 fully saturated rings. The van der Waals surface area contributed by atoms with Crippen LogP contribution in [0, 0.1) is 23.0 Å². The molecule has 0 N–H and O–H groups in total. The molecule has 10 heteroatoms. The number of carbonyl (C=O) groups excluding carboxylic acids is 2. The van der Waals surface area contributed by atoms with Gasteiger partial charge in [0.05, 0.1) is 45.5 Å². The number of benzene rings is 6. The molecule has 0 spiro atoms. The number of ether oxygens (including phenoxy) is 2. The summed E-state index contributed by atoms with van der Waals surface area (Å²) in [4.78, 5) is 36.1. The summed E-state index contributed by atoms with van der Waals surface area (Å²) in [5.41, 5.74) is 17.2. The van der Waals surface area contributed by atoms with Crippen LogP contribution in [0.2, 0.25) is 0 Å². The van der Waals surface area contributed by atoms with Crippen LogP contribution in [0.15, 0.2) is 150 Å². The fourth-order valence-corrected chi connectivity index (χ4v) is 10.4. The van der Waals surface area contributed by atoms with Gasteiger partial charge in [0.25, 0.3) is 0 Å². The first-order valence-corrected chi connectivity index (χ1v) is 25.6. The topological polar surface area (TPSA) is 102 Å². The fourth-order valence-electron chi connectivity index (χ4n) is 10.1. The van der Waals surface area contributed by atoms with Crippen molar-refractivity contribution in [2.45, 2.75) is 98.7 Å². The summed E-state index contributed by atoms with van der Waals surface area (Å²) in [6.45, 7) is 8.48. The lowest BCUT2D eigenvalue weighted by Gasteiger charge is -2.23. The van der Waals surface area contributed by atoms with Gasteiger partial charge in [-0.3, -0.25) is 9.97 Å². The molecule has 2 aliphatic rings. The van der Waals surface area contributed by atoms with Crippen LogP contribution in [-0.2, 0) is 48.4 Å². The van der Waals surface area contributed by atoms with Gasteiger partial charge in [-0.15, -0.1) is 0 Å². The van der Waals surface area contributed by atoms with Crippen LogP contribution in [-0.4, -0.2) is 21.9 Å². The molecule has 7 nitrogen and oxygen atoms in total. The second kappa shape index (κ2) is 23.5. The van der Waals surface area contributed by atoms with Crippen molar-refractivity contribution in [2.24, 2.45) is 0 Å². The number of pyridine rings is 2. The third-order valence-electron chi connectivity index (χ3n) is 13.5. The minimum absolute atomic E-state index is 0. The second-order valence-corrected chi connectivity index (χ2v) is 20.0. The van der Waals surface area contributed by atoms with Crippen LogP contribution < -0.4 is 0 Å². The highest BCUT2D eigenvalue weighted by molar-refractivity contribution is 9.10. The first-order chi connectivity index (χ1) is 35.4. The van der Waals surface area contributed by atoms with Gasteiger partial charge in [-0.1, -0.05) is 124 Å². The lowest BCUT2D eigenvalue weighted by Crippen LogP contribution is -2.13. The number of halogens is 3. The maximum absolute atomic E-state index is 13.9. The molecule has 0 saturated carbocycles. The lowest BCUT2D eigenvalue weighted by molar-refractivity contribution is 0.0463. The third kappa shape index (κ3) is 11.4. The SMILES string of the molecule is C.CC(C)c1nc2c(c(-c3ccc(F)cc3)c1COC(=O)c1ccccc1)CCCc1ccc(Br)cc1-2.CC(C)c1nc2c(c(-c3ccc(F)cc3)c1COC(=O)c1ccccc1)CCCc1ccc(C#N)cc1-2. The Morgan fingerprint density at radius 1 is 0.581 bits per heavy atom. The molecule has 8 aromatic rings.